The molecule has 0 fully saturated rings. The minimum atomic E-state index is -0.663. The van der Waals surface area contributed by atoms with Gasteiger partial charge in [-0.1, -0.05) is 12.1 Å². The number of hydrogen-bond acceptors (Lipinski definition) is 8. The third-order valence-corrected chi connectivity index (χ3v) is 6.47. The Bertz CT molecular complexity index is 1430. The lowest BCUT2D eigenvalue weighted by Gasteiger charge is -2.25. The molecule has 198 valence electrons. The fourth-order valence-corrected chi connectivity index (χ4v) is 4.82. The van der Waals surface area contributed by atoms with E-state index in [4.69, 9.17) is 18.9 Å². The molecule has 3 heterocycles. The van der Waals surface area contributed by atoms with Gasteiger partial charge in [-0.05, 0) is 60.2 Å². The van der Waals surface area contributed by atoms with Crippen LogP contribution in [0.5, 0.6) is 11.5 Å². The molecule has 4 aromatic rings. The van der Waals surface area contributed by atoms with Crippen LogP contribution >= 0.6 is 0 Å². The second kappa shape index (κ2) is 11.0. The molecule has 0 N–H and O–H groups in total. The molecule has 11 heteroatoms. The summed E-state index contributed by atoms with van der Waals surface area (Å²) < 4.78 is 41.2. The maximum absolute atomic E-state index is 14.6. The molecule has 0 saturated carbocycles. The van der Waals surface area contributed by atoms with Gasteiger partial charge < -0.3 is 23.5 Å². The first kappa shape index (κ1) is 25.4. The lowest BCUT2D eigenvalue weighted by molar-refractivity contribution is -0.142. The number of halogens is 1. The minimum Gasteiger partial charge on any atom is -0.493 e. The van der Waals surface area contributed by atoms with Crippen molar-refractivity contribution in [3.05, 3.63) is 83.2 Å². The van der Waals surface area contributed by atoms with Gasteiger partial charge in [-0.3, -0.25) is 4.79 Å². The molecular formula is C27H28FN5O5. The number of esters is 1. The number of para-hydroxylation sites is 1. The van der Waals surface area contributed by atoms with Crippen LogP contribution in [0.2, 0.25) is 0 Å². The number of rotatable bonds is 9. The average Bonchev–Trinajstić information content (AvgIpc) is 3.56. The smallest absolute Gasteiger partial charge is 0.313 e. The molecule has 0 amide bonds. The fourth-order valence-electron chi connectivity index (χ4n) is 4.82. The zero-order valence-corrected chi connectivity index (χ0v) is 21.3. The largest absolute Gasteiger partial charge is 0.493 e. The molecule has 0 spiro atoms. The van der Waals surface area contributed by atoms with Gasteiger partial charge in [0, 0.05) is 23.9 Å². The molecule has 0 saturated heterocycles. The van der Waals surface area contributed by atoms with Crippen molar-refractivity contribution in [2.75, 3.05) is 20.8 Å². The quantitative estimate of drug-likeness (QED) is 0.305. The van der Waals surface area contributed by atoms with Gasteiger partial charge in [-0.2, -0.15) is 0 Å². The summed E-state index contributed by atoms with van der Waals surface area (Å²) in [6.45, 7) is 2.41. The van der Waals surface area contributed by atoms with Gasteiger partial charge in [0.1, 0.15) is 24.4 Å². The summed E-state index contributed by atoms with van der Waals surface area (Å²) in [6.07, 6.45) is 1.28. The number of ether oxygens (including phenoxy) is 4. The zero-order valence-electron chi connectivity index (χ0n) is 21.3. The predicted molar refractivity (Wildman–Crippen MR) is 134 cm³/mol. The summed E-state index contributed by atoms with van der Waals surface area (Å²) >= 11 is 0. The van der Waals surface area contributed by atoms with E-state index in [-0.39, 0.29) is 18.8 Å². The van der Waals surface area contributed by atoms with E-state index < -0.39 is 18.2 Å². The van der Waals surface area contributed by atoms with Crippen LogP contribution in [-0.2, 0) is 27.2 Å². The number of tetrazole rings is 1. The molecule has 0 radical (unpaired) electrons. The first-order valence-electron chi connectivity index (χ1n) is 12.3. The highest BCUT2D eigenvalue weighted by Crippen LogP contribution is 2.46. The van der Waals surface area contributed by atoms with E-state index in [1.807, 2.05) is 35.0 Å². The van der Waals surface area contributed by atoms with E-state index in [0.29, 0.717) is 41.4 Å². The van der Waals surface area contributed by atoms with Gasteiger partial charge in [0.25, 0.3) is 0 Å². The lowest BCUT2D eigenvalue weighted by Crippen LogP contribution is -2.17. The van der Waals surface area contributed by atoms with Crippen molar-refractivity contribution in [2.24, 2.45) is 0 Å². The van der Waals surface area contributed by atoms with E-state index in [1.54, 1.807) is 38.0 Å². The van der Waals surface area contributed by atoms with Crippen LogP contribution < -0.4 is 9.47 Å². The van der Waals surface area contributed by atoms with Gasteiger partial charge in [0.2, 0.25) is 0 Å². The normalized spacial score (nSPS) is 16.3. The number of nitrogens with zero attached hydrogens (tertiary/aromatic N) is 5. The second-order valence-corrected chi connectivity index (χ2v) is 8.68. The maximum Gasteiger partial charge on any atom is 0.313 e. The van der Waals surface area contributed by atoms with Crippen LogP contribution in [-0.4, -0.2) is 51.6 Å². The van der Waals surface area contributed by atoms with Gasteiger partial charge in [-0.25, -0.2) is 9.07 Å². The number of hydrogen-bond donors (Lipinski definition) is 0. The second-order valence-electron chi connectivity index (χ2n) is 8.68. The predicted octanol–water partition coefficient (Wildman–Crippen LogP) is 3.98. The molecule has 0 bridgehead atoms. The maximum atomic E-state index is 14.6. The molecule has 1 aliphatic heterocycles. The molecule has 2 aromatic carbocycles. The lowest BCUT2D eigenvalue weighted by atomic mass is 9.98. The Morgan fingerprint density at radius 2 is 1.97 bits per heavy atom. The summed E-state index contributed by atoms with van der Waals surface area (Å²) in [5.74, 6) is 0.695. The molecular weight excluding hydrogens is 493 g/mol. The summed E-state index contributed by atoms with van der Waals surface area (Å²) in [7, 11) is 3.13. The Morgan fingerprint density at radius 1 is 1.11 bits per heavy atom. The number of carbonyl (C=O) groups excluding carboxylic acids is 1. The molecule has 38 heavy (non-hydrogen) atoms. The third kappa shape index (κ3) is 4.84. The molecule has 2 aromatic heterocycles. The minimum absolute atomic E-state index is 0.0307. The average molecular weight is 522 g/mol. The van der Waals surface area contributed by atoms with Crippen molar-refractivity contribution in [2.45, 2.75) is 38.5 Å². The Hall–Kier alpha value is -4.25. The standard InChI is InChI=1S/C27H28FN5O5/c1-4-37-25(34)16-24-29-30-31-33(24)14-12-22-21-8-6-13-32(21)20-11-10-17(28)15-19(20)26(38-22)18-7-5-9-23(35-2)27(18)36-3/h5-11,13,15,22,26H,4,12,14,16H2,1-3H3/t22-,26-/m0/s1. The van der Waals surface area contributed by atoms with Crippen LogP contribution in [0.3, 0.4) is 0 Å². The molecule has 5 rings (SSSR count). The highest BCUT2D eigenvalue weighted by molar-refractivity contribution is 5.71. The van der Waals surface area contributed by atoms with Crippen molar-refractivity contribution in [3.63, 3.8) is 0 Å². The fraction of sp³-hybridized carbons (Fsp3) is 0.333. The van der Waals surface area contributed by atoms with Crippen molar-refractivity contribution in [3.8, 4) is 17.2 Å². The number of aryl methyl sites for hydroxylation is 1. The van der Waals surface area contributed by atoms with Crippen LogP contribution in [0.15, 0.2) is 54.7 Å². The van der Waals surface area contributed by atoms with Gasteiger partial charge in [0.15, 0.2) is 17.3 Å². The highest BCUT2D eigenvalue weighted by Gasteiger charge is 2.33. The number of aromatic nitrogens is 5. The molecule has 2 atom stereocenters. The van der Waals surface area contributed by atoms with Crippen LogP contribution in [0.4, 0.5) is 4.39 Å². The number of fused-ring (bicyclic) bond motifs is 3. The third-order valence-electron chi connectivity index (χ3n) is 6.47. The summed E-state index contributed by atoms with van der Waals surface area (Å²) in [4.78, 5) is 12.0. The highest BCUT2D eigenvalue weighted by atomic mass is 19.1. The summed E-state index contributed by atoms with van der Waals surface area (Å²) in [5, 5.41) is 11.8. The molecule has 10 nitrogen and oxygen atoms in total. The van der Waals surface area contributed by atoms with E-state index in [1.165, 1.54) is 12.1 Å². The van der Waals surface area contributed by atoms with Crippen LogP contribution in [0, 0.1) is 5.82 Å². The van der Waals surface area contributed by atoms with Crippen molar-refractivity contribution >= 4 is 5.97 Å². The molecule has 0 aliphatic carbocycles. The van der Waals surface area contributed by atoms with E-state index in [0.717, 1.165) is 11.4 Å². The molecule has 0 unspecified atom stereocenters. The number of methoxy groups -OCH3 is 2. The van der Waals surface area contributed by atoms with E-state index in [2.05, 4.69) is 15.5 Å². The van der Waals surface area contributed by atoms with Crippen molar-refractivity contribution in [1.29, 1.82) is 0 Å². The SMILES string of the molecule is CCOC(=O)Cc1nnnn1CC[C@@H]1O[C@@H](c2cccc(OC)c2OC)c2cc(F)ccc2-n2cccc21. The Balaban J connectivity index is 1.53. The van der Waals surface area contributed by atoms with Crippen molar-refractivity contribution in [1.82, 2.24) is 24.8 Å². The molecule has 1 aliphatic rings. The first-order chi connectivity index (χ1) is 18.5. The van der Waals surface area contributed by atoms with Gasteiger partial charge in [-0.15, -0.1) is 5.10 Å². The van der Waals surface area contributed by atoms with Crippen LogP contribution in [0.25, 0.3) is 5.69 Å². The number of benzene rings is 2. The van der Waals surface area contributed by atoms with E-state index >= 15 is 0 Å². The zero-order chi connectivity index (χ0) is 26.6. The Morgan fingerprint density at radius 3 is 2.76 bits per heavy atom. The number of carbonyl (C=O) groups is 1. The Kier molecular flexibility index (Phi) is 7.36. The Labute approximate surface area is 218 Å². The first-order valence-corrected chi connectivity index (χ1v) is 12.3. The van der Waals surface area contributed by atoms with Crippen molar-refractivity contribution < 1.29 is 28.1 Å². The summed E-state index contributed by atoms with van der Waals surface area (Å²) in [5.41, 5.74) is 3.05. The van der Waals surface area contributed by atoms with Gasteiger partial charge in [0.05, 0.1) is 32.2 Å². The van der Waals surface area contributed by atoms with Gasteiger partial charge >= 0.3 is 5.97 Å². The summed E-state index contributed by atoms with van der Waals surface area (Å²) in [6, 6.07) is 14.1. The van der Waals surface area contributed by atoms with E-state index in [9.17, 15) is 9.18 Å². The monoisotopic (exact) mass is 521 g/mol. The van der Waals surface area contributed by atoms with Crippen LogP contribution in [0.1, 0.15) is 48.2 Å². The topological polar surface area (TPSA) is 103 Å².